The van der Waals surface area contributed by atoms with E-state index in [2.05, 4.69) is 19.2 Å². The van der Waals surface area contributed by atoms with Crippen molar-refractivity contribution in [3.63, 3.8) is 0 Å². The predicted molar refractivity (Wildman–Crippen MR) is 77.8 cm³/mol. The van der Waals surface area contributed by atoms with Crippen LogP contribution in [0.25, 0.3) is 0 Å². The van der Waals surface area contributed by atoms with Gasteiger partial charge >= 0.3 is 0 Å². The number of nitrogens with one attached hydrogen (secondary N) is 1. The molecule has 5 heteroatoms. The Morgan fingerprint density at radius 2 is 2.25 bits per heavy atom. The molecule has 20 heavy (non-hydrogen) atoms. The zero-order chi connectivity index (χ0) is 14.6. The van der Waals surface area contributed by atoms with Crippen molar-refractivity contribution in [1.82, 2.24) is 0 Å². The molecule has 0 saturated carbocycles. The normalized spacial score (nSPS) is 22.0. The highest BCUT2D eigenvalue weighted by atomic mass is 16.5. The maximum absolute atomic E-state index is 12.3. The Morgan fingerprint density at radius 3 is 2.90 bits per heavy atom. The molecular weight excluding hydrogens is 256 g/mol. The monoisotopic (exact) mass is 278 g/mol. The molecule has 1 aliphatic heterocycles. The molecule has 1 amide bonds. The molecule has 1 unspecified atom stereocenters. The smallest absolute Gasteiger partial charge is 0.247 e. The molecule has 1 aromatic rings. The van der Waals surface area contributed by atoms with Crippen molar-refractivity contribution in [2.24, 2.45) is 11.7 Å². The maximum atomic E-state index is 12.3. The summed E-state index contributed by atoms with van der Waals surface area (Å²) in [7, 11) is 0. The molecule has 1 aromatic carbocycles. The highest BCUT2D eigenvalue weighted by molar-refractivity contribution is 5.99. The summed E-state index contributed by atoms with van der Waals surface area (Å²) in [5.74, 6) is 0.857. The average Bonchev–Trinajstić information content (AvgIpc) is 2.86. The number of para-hydroxylation sites is 2. The second-order valence-corrected chi connectivity index (χ2v) is 5.61. The van der Waals surface area contributed by atoms with E-state index >= 15 is 0 Å². The van der Waals surface area contributed by atoms with Crippen molar-refractivity contribution in [3.05, 3.63) is 24.3 Å². The standard InChI is InChI=1S/C15H22N2O3/c1-11(2)9-20-13-6-4-3-5-12(13)17-14(18)15(16)7-8-19-10-15/h3-6,11H,7-10,16H2,1-2H3,(H,17,18). The Balaban J connectivity index is 2.06. The summed E-state index contributed by atoms with van der Waals surface area (Å²) in [5.41, 5.74) is 5.75. The minimum Gasteiger partial charge on any atom is -0.491 e. The van der Waals surface area contributed by atoms with E-state index in [9.17, 15) is 4.79 Å². The molecular formula is C15H22N2O3. The number of amides is 1. The van der Waals surface area contributed by atoms with Gasteiger partial charge in [-0.25, -0.2) is 0 Å². The fraction of sp³-hybridized carbons (Fsp3) is 0.533. The van der Waals surface area contributed by atoms with Gasteiger partial charge in [-0.1, -0.05) is 26.0 Å². The van der Waals surface area contributed by atoms with Crippen molar-refractivity contribution in [2.45, 2.75) is 25.8 Å². The van der Waals surface area contributed by atoms with Gasteiger partial charge in [0, 0.05) is 6.61 Å². The quantitative estimate of drug-likeness (QED) is 0.861. The van der Waals surface area contributed by atoms with Crippen LogP contribution >= 0.6 is 0 Å². The van der Waals surface area contributed by atoms with Crippen LogP contribution in [0.15, 0.2) is 24.3 Å². The van der Waals surface area contributed by atoms with Crippen LogP contribution in [0.5, 0.6) is 5.75 Å². The van der Waals surface area contributed by atoms with E-state index in [1.807, 2.05) is 24.3 Å². The van der Waals surface area contributed by atoms with E-state index in [0.717, 1.165) is 0 Å². The lowest BCUT2D eigenvalue weighted by molar-refractivity contribution is -0.121. The maximum Gasteiger partial charge on any atom is 0.247 e. The number of ether oxygens (including phenoxy) is 2. The lowest BCUT2D eigenvalue weighted by Gasteiger charge is -2.22. The number of hydrogen-bond acceptors (Lipinski definition) is 4. The third kappa shape index (κ3) is 3.49. The lowest BCUT2D eigenvalue weighted by Crippen LogP contribution is -2.51. The number of benzene rings is 1. The van der Waals surface area contributed by atoms with E-state index in [-0.39, 0.29) is 12.5 Å². The van der Waals surface area contributed by atoms with Crippen molar-refractivity contribution in [2.75, 3.05) is 25.1 Å². The molecule has 0 aliphatic carbocycles. The van der Waals surface area contributed by atoms with Gasteiger partial charge in [0.2, 0.25) is 5.91 Å². The van der Waals surface area contributed by atoms with Gasteiger partial charge < -0.3 is 20.5 Å². The molecule has 1 saturated heterocycles. The van der Waals surface area contributed by atoms with Gasteiger partial charge in [0.1, 0.15) is 11.3 Å². The Hall–Kier alpha value is -1.59. The minimum atomic E-state index is -0.939. The average molecular weight is 278 g/mol. The molecule has 0 spiro atoms. The van der Waals surface area contributed by atoms with Crippen LogP contribution in [0.2, 0.25) is 0 Å². The lowest BCUT2D eigenvalue weighted by atomic mass is 9.99. The molecule has 0 radical (unpaired) electrons. The Bertz CT molecular complexity index is 468. The largest absolute Gasteiger partial charge is 0.491 e. The molecule has 0 aromatic heterocycles. The molecule has 5 nitrogen and oxygen atoms in total. The molecule has 3 N–H and O–H groups in total. The van der Waals surface area contributed by atoms with E-state index in [1.165, 1.54) is 0 Å². The van der Waals surface area contributed by atoms with Crippen LogP contribution in [0.4, 0.5) is 5.69 Å². The number of nitrogens with two attached hydrogens (primary N) is 1. The third-order valence-electron chi connectivity index (χ3n) is 3.21. The number of hydrogen-bond donors (Lipinski definition) is 2. The van der Waals surface area contributed by atoms with E-state index in [0.29, 0.717) is 37.0 Å². The van der Waals surface area contributed by atoms with Crippen LogP contribution < -0.4 is 15.8 Å². The van der Waals surface area contributed by atoms with Crippen LogP contribution in [0, 0.1) is 5.92 Å². The number of carbonyl (C=O) groups excluding carboxylic acids is 1. The number of rotatable bonds is 5. The second kappa shape index (κ2) is 6.24. The first-order chi connectivity index (χ1) is 9.51. The summed E-state index contributed by atoms with van der Waals surface area (Å²) in [6.07, 6.45) is 0.536. The fourth-order valence-electron chi connectivity index (χ4n) is 1.96. The van der Waals surface area contributed by atoms with Crippen LogP contribution in [-0.2, 0) is 9.53 Å². The van der Waals surface area contributed by atoms with E-state index in [4.69, 9.17) is 15.2 Å². The van der Waals surface area contributed by atoms with Gasteiger partial charge in [-0.2, -0.15) is 0 Å². The predicted octanol–water partition coefficient (Wildman–Crippen LogP) is 1.78. The number of anilines is 1. The minimum absolute atomic E-state index is 0.226. The highest BCUT2D eigenvalue weighted by Gasteiger charge is 2.38. The summed E-state index contributed by atoms with van der Waals surface area (Å²) in [6.45, 7) is 5.53. The first kappa shape index (κ1) is 14.8. The molecule has 1 aliphatic rings. The van der Waals surface area contributed by atoms with Crippen molar-refractivity contribution < 1.29 is 14.3 Å². The van der Waals surface area contributed by atoms with Crippen LogP contribution in [0.3, 0.4) is 0 Å². The van der Waals surface area contributed by atoms with E-state index < -0.39 is 5.54 Å². The second-order valence-electron chi connectivity index (χ2n) is 5.61. The summed E-state index contributed by atoms with van der Waals surface area (Å²) >= 11 is 0. The third-order valence-corrected chi connectivity index (χ3v) is 3.21. The van der Waals surface area contributed by atoms with Crippen LogP contribution in [0.1, 0.15) is 20.3 Å². The fourth-order valence-corrected chi connectivity index (χ4v) is 1.96. The summed E-state index contributed by atoms with van der Waals surface area (Å²) in [6, 6.07) is 7.38. The highest BCUT2D eigenvalue weighted by Crippen LogP contribution is 2.26. The summed E-state index contributed by atoms with van der Waals surface area (Å²) in [4.78, 5) is 12.3. The first-order valence-corrected chi connectivity index (χ1v) is 6.91. The molecule has 110 valence electrons. The molecule has 1 atom stereocenters. The van der Waals surface area contributed by atoms with Gasteiger partial charge in [0.15, 0.2) is 0 Å². The Labute approximate surface area is 119 Å². The topological polar surface area (TPSA) is 73.6 Å². The van der Waals surface area contributed by atoms with Gasteiger partial charge in [0.25, 0.3) is 0 Å². The van der Waals surface area contributed by atoms with Crippen molar-refractivity contribution in [3.8, 4) is 5.75 Å². The summed E-state index contributed by atoms with van der Waals surface area (Å²) in [5, 5.41) is 2.85. The van der Waals surface area contributed by atoms with Gasteiger partial charge in [-0.15, -0.1) is 0 Å². The van der Waals surface area contributed by atoms with E-state index in [1.54, 1.807) is 0 Å². The van der Waals surface area contributed by atoms with Crippen LogP contribution in [-0.4, -0.2) is 31.3 Å². The molecule has 1 heterocycles. The van der Waals surface area contributed by atoms with Crippen molar-refractivity contribution in [1.29, 1.82) is 0 Å². The molecule has 1 fully saturated rings. The Morgan fingerprint density at radius 1 is 1.50 bits per heavy atom. The van der Waals surface area contributed by atoms with Gasteiger partial charge in [-0.05, 0) is 24.5 Å². The number of carbonyl (C=O) groups is 1. The molecule has 0 bridgehead atoms. The van der Waals surface area contributed by atoms with Gasteiger partial charge in [-0.3, -0.25) is 4.79 Å². The van der Waals surface area contributed by atoms with Gasteiger partial charge in [0.05, 0.1) is 18.9 Å². The SMILES string of the molecule is CC(C)COc1ccccc1NC(=O)C1(N)CCOC1. The zero-order valence-corrected chi connectivity index (χ0v) is 12.0. The zero-order valence-electron chi connectivity index (χ0n) is 12.0. The first-order valence-electron chi connectivity index (χ1n) is 6.91. The molecule has 2 rings (SSSR count). The Kier molecular flexibility index (Phi) is 4.62. The summed E-state index contributed by atoms with van der Waals surface area (Å²) < 4.78 is 10.9. The van der Waals surface area contributed by atoms with Crippen molar-refractivity contribution >= 4 is 11.6 Å².